The second kappa shape index (κ2) is 6.82. The van der Waals surface area contributed by atoms with Crippen LogP contribution in [-0.2, 0) is 13.1 Å². The van der Waals surface area contributed by atoms with Crippen LogP contribution in [0.1, 0.15) is 16.8 Å². The van der Waals surface area contributed by atoms with E-state index in [9.17, 15) is 0 Å². The molecule has 0 aliphatic carbocycles. The molecule has 0 N–H and O–H groups in total. The molecule has 0 aliphatic heterocycles. The highest BCUT2D eigenvalue weighted by molar-refractivity contribution is 7.15. The molecule has 4 aromatic rings. The lowest BCUT2D eigenvalue weighted by atomic mass is 10.1. The molecule has 0 saturated carbocycles. The van der Waals surface area contributed by atoms with Gasteiger partial charge in [0.2, 0.25) is 0 Å². The number of fused-ring (bicyclic) bond motifs is 1. The van der Waals surface area contributed by atoms with Crippen LogP contribution in [0.2, 0.25) is 0 Å². The zero-order chi connectivity index (χ0) is 17.2. The molecule has 0 spiro atoms. The van der Waals surface area contributed by atoms with Crippen molar-refractivity contribution in [3.8, 4) is 11.3 Å². The van der Waals surface area contributed by atoms with Crippen LogP contribution in [0.15, 0.2) is 66.2 Å². The number of benzene rings is 2. The van der Waals surface area contributed by atoms with Gasteiger partial charge in [-0.25, -0.2) is 4.98 Å². The molecule has 0 bridgehead atoms. The van der Waals surface area contributed by atoms with Crippen LogP contribution in [0.25, 0.3) is 16.2 Å². The second-order valence-corrected chi connectivity index (χ2v) is 7.30. The summed E-state index contributed by atoms with van der Waals surface area (Å²) in [6.45, 7) is 3.96. The van der Waals surface area contributed by atoms with Crippen LogP contribution in [0.5, 0.6) is 0 Å². The van der Waals surface area contributed by atoms with E-state index in [0.29, 0.717) is 0 Å². The molecule has 2 aromatic carbocycles. The van der Waals surface area contributed by atoms with Crippen LogP contribution in [0, 0.1) is 6.92 Å². The lowest BCUT2D eigenvalue weighted by molar-refractivity contribution is 0.314. The minimum Gasteiger partial charge on any atom is -0.296 e. The predicted molar refractivity (Wildman–Crippen MR) is 105 cm³/mol. The van der Waals surface area contributed by atoms with E-state index in [1.54, 1.807) is 11.3 Å². The van der Waals surface area contributed by atoms with E-state index in [1.165, 1.54) is 22.4 Å². The van der Waals surface area contributed by atoms with E-state index in [1.807, 2.05) is 6.07 Å². The largest absolute Gasteiger partial charge is 0.296 e. The van der Waals surface area contributed by atoms with Gasteiger partial charge >= 0.3 is 0 Å². The molecule has 126 valence electrons. The third-order valence-electron chi connectivity index (χ3n) is 4.53. The predicted octanol–water partition coefficient (Wildman–Crippen LogP) is 5.00. The number of imidazole rings is 1. The van der Waals surface area contributed by atoms with Crippen molar-refractivity contribution in [3.05, 3.63) is 83.0 Å². The monoisotopic (exact) mass is 347 g/mol. The fourth-order valence-electron chi connectivity index (χ4n) is 3.20. The topological polar surface area (TPSA) is 20.5 Å². The van der Waals surface area contributed by atoms with E-state index in [4.69, 9.17) is 4.98 Å². The van der Waals surface area contributed by atoms with Gasteiger partial charge in [0.1, 0.15) is 0 Å². The molecule has 4 rings (SSSR count). The minimum absolute atomic E-state index is 0.858. The number of hydrogen-bond donors (Lipinski definition) is 0. The van der Waals surface area contributed by atoms with Gasteiger partial charge in [0.15, 0.2) is 4.96 Å². The normalized spacial score (nSPS) is 11.5. The molecule has 25 heavy (non-hydrogen) atoms. The Kier molecular flexibility index (Phi) is 4.38. The van der Waals surface area contributed by atoms with E-state index >= 15 is 0 Å². The Hall–Kier alpha value is -2.43. The number of hydrogen-bond acceptors (Lipinski definition) is 3. The fourth-order valence-corrected chi connectivity index (χ4v) is 3.93. The maximum absolute atomic E-state index is 4.88. The summed E-state index contributed by atoms with van der Waals surface area (Å²) in [6, 6.07) is 19.1. The van der Waals surface area contributed by atoms with Gasteiger partial charge in [-0.1, -0.05) is 54.6 Å². The van der Waals surface area contributed by atoms with Gasteiger partial charge in [0.05, 0.1) is 11.4 Å². The SMILES string of the molecule is Cc1ccccc1CN(C)Cc1c(-c2ccccc2)nc2sccn12. The van der Waals surface area contributed by atoms with Gasteiger partial charge in [-0.3, -0.25) is 9.30 Å². The van der Waals surface area contributed by atoms with Crippen LogP contribution in [0.3, 0.4) is 0 Å². The summed E-state index contributed by atoms with van der Waals surface area (Å²) >= 11 is 1.68. The second-order valence-electron chi connectivity index (χ2n) is 6.43. The van der Waals surface area contributed by atoms with Crippen LogP contribution >= 0.6 is 11.3 Å². The van der Waals surface area contributed by atoms with E-state index < -0.39 is 0 Å². The highest BCUT2D eigenvalue weighted by Crippen LogP contribution is 2.27. The first-order valence-electron chi connectivity index (χ1n) is 8.45. The van der Waals surface area contributed by atoms with Crippen molar-refractivity contribution in [3.63, 3.8) is 0 Å². The average molecular weight is 347 g/mol. The van der Waals surface area contributed by atoms with Crippen LogP contribution in [0.4, 0.5) is 0 Å². The molecule has 2 aromatic heterocycles. The van der Waals surface area contributed by atoms with Crippen molar-refractivity contribution in [2.24, 2.45) is 0 Å². The average Bonchev–Trinajstić information content (AvgIpc) is 3.20. The van der Waals surface area contributed by atoms with Crippen molar-refractivity contribution < 1.29 is 0 Å². The zero-order valence-corrected chi connectivity index (χ0v) is 15.3. The molecule has 0 saturated heterocycles. The number of aryl methyl sites for hydroxylation is 1. The summed E-state index contributed by atoms with van der Waals surface area (Å²) in [6.07, 6.45) is 2.12. The Bertz CT molecular complexity index is 985. The van der Waals surface area contributed by atoms with E-state index in [0.717, 1.165) is 23.7 Å². The first kappa shape index (κ1) is 16.1. The molecular weight excluding hydrogens is 326 g/mol. The first-order valence-corrected chi connectivity index (χ1v) is 9.33. The third kappa shape index (κ3) is 3.23. The van der Waals surface area contributed by atoms with E-state index in [2.05, 4.69) is 83.4 Å². The highest BCUT2D eigenvalue weighted by atomic mass is 32.1. The Balaban J connectivity index is 1.66. The smallest absolute Gasteiger partial charge is 0.194 e. The Morgan fingerprint density at radius 2 is 1.76 bits per heavy atom. The van der Waals surface area contributed by atoms with Gasteiger partial charge < -0.3 is 0 Å². The Labute approximate surface area is 152 Å². The molecule has 3 nitrogen and oxygen atoms in total. The Morgan fingerprint density at radius 1 is 1.00 bits per heavy atom. The molecule has 0 aliphatic rings. The van der Waals surface area contributed by atoms with Crippen molar-refractivity contribution in [2.45, 2.75) is 20.0 Å². The van der Waals surface area contributed by atoms with Gasteiger partial charge in [0, 0.05) is 30.2 Å². The highest BCUT2D eigenvalue weighted by Gasteiger charge is 2.16. The Morgan fingerprint density at radius 3 is 2.56 bits per heavy atom. The van der Waals surface area contributed by atoms with Crippen molar-refractivity contribution in [1.82, 2.24) is 14.3 Å². The molecule has 0 amide bonds. The minimum atomic E-state index is 0.858. The summed E-state index contributed by atoms with van der Waals surface area (Å²) in [5, 5.41) is 2.10. The summed E-state index contributed by atoms with van der Waals surface area (Å²) in [7, 11) is 2.17. The molecule has 0 radical (unpaired) electrons. The van der Waals surface area contributed by atoms with E-state index in [-0.39, 0.29) is 0 Å². The van der Waals surface area contributed by atoms with Crippen molar-refractivity contribution >= 4 is 16.3 Å². The standard InChI is InChI=1S/C21H21N3S/c1-16-8-6-7-11-18(16)14-23(2)15-19-20(17-9-4-3-5-10-17)22-21-24(19)12-13-25-21/h3-13H,14-15H2,1-2H3. The van der Waals surface area contributed by atoms with Crippen molar-refractivity contribution in [2.75, 3.05) is 7.05 Å². The lowest BCUT2D eigenvalue weighted by Gasteiger charge is -2.18. The summed E-state index contributed by atoms with van der Waals surface area (Å²) in [5.74, 6) is 0. The number of thiazole rings is 1. The fraction of sp³-hybridized carbons (Fsp3) is 0.190. The molecule has 0 atom stereocenters. The number of rotatable bonds is 5. The molecular formula is C21H21N3S. The summed E-state index contributed by atoms with van der Waals surface area (Å²) in [5.41, 5.74) is 6.23. The molecule has 0 unspecified atom stereocenters. The van der Waals surface area contributed by atoms with Crippen LogP contribution < -0.4 is 0 Å². The maximum Gasteiger partial charge on any atom is 0.194 e. The maximum atomic E-state index is 4.88. The van der Waals surface area contributed by atoms with Gasteiger partial charge in [0.25, 0.3) is 0 Å². The molecule has 2 heterocycles. The summed E-state index contributed by atoms with van der Waals surface area (Å²) < 4.78 is 2.22. The van der Waals surface area contributed by atoms with Gasteiger partial charge in [-0.05, 0) is 25.1 Å². The molecule has 0 fully saturated rings. The summed E-state index contributed by atoms with van der Waals surface area (Å²) in [4.78, 5) is 8.29. The molecule has 4 heteroatoms. The number of nitrogens with zero attached hydrogens (tertiary/aromatic N) is 3. The van der Waals surface area contributed by atoms with Gasteiger partial charge in [-0.2, -0.15) is 0 Å². The van der Waals surface area contributed by atoms with Crippen molar-refractivity contribution in [1.29, 1.82) is 0 Å². The first-order chi connectivity index (χ1) is 12.2. The lowest BCUT2D eigenvalue weighted by Crippen LogP contribution is -2.19. The quantitative estimate of drug-likeness (QED) is 0.506. The van der Waals surface area contributed by atoms with Crippen LogP contribution in [-0.4, -0.2) is 21.3 Å². The third-order valence-corrected chi connectivity index (χ3v) is 5.29. The van der Waals surface area contributed by atoms with Gasteiger partial charge in [-0.15, -0.1) is 11.3 Å². The number of aromatic nitrogens is 2. The zero-order valence-electron chi connectivity index (χ0n) is 14.5.